The van der Waals surface area contributed by atoms with E-state index in [2.05, 4.69) is 0 Å². The summed E-state index contributed by atoms with van der Waals surface area (Å²) in [6.07, 6.45) is 0.221. The number of hydrogen-bond acceptors (Lipinski definition) is 5. The zero-order valence-corrected chi connectivity index (χ0v) is 15.0. The fraction of sp³-hybridized carbons (Fsp3) is 0.211. The summed E-state index contributed by atoms with van der Waals surface area (Å²) < 4.78 is 34.0. The van der Waals surface area contributed by atoms with Gasteiger partial charge in [0.05, 0.1) is 11.6 Å². The second kappa shape index (κ2) is 6.46. The topological polar surface area (TPSA) is 73.6 Å². The molecule has 0 radical (unpaired) electrons. The van der Waals surface area contributed by atoms with Crippen molar-refractivity contribution in [2.75, 3.05) is 6.26 Å². The van der Waals surface area contributed by atoms with E-state index in [1.807, 2.05) is 37.3 Å². The van der Waals surface area contributed by atoms with E-state index in [0.29, 0.717) is 22.3 Å². The van der Waals surface area contributed by atoms with Crippen LogP contribution in [0.4, 0.5) is 0 Å². The third kappa shape index (κ3) is 3.81. The van der Waals surface area contributed by atoms with Crippen LogP contribution in [0.5, 0.6) is 0 Å². The highest BCUT2D eigenvalue weighted by Crippen LogP contribution is 2.30. The SMILES string of the molecule is Cc1cc([C@H](C)OS(C)(=O)=O)c2oc(-c3ccccc3)cc(=O)c2c1. The van der Waals surface area contributed by atoms with Gasteiger partial charge < -0.3 is 4.42 Å². The van der Waals surface area contributed by atoms with Crippen molar-refractivity contribution >= 4 is 21.1 Å². The lowest BCUT2D eigenvalue weighted by atomic mass is 10.0. The Hall–Kier alpha value is -2.44. The lowest BCUT2D eigenvalue weighted by Gasteiger charge is -2.15. The van der Waals surface area contributed by atoms with Crippen molar-refractivity contribution < 1.29 is 17.0 Å². The third-order valence-electron chi connectivity index (χ3n) is 3.82. The van der Waals surface area contributed by atoms with Gasteiger partial charge in [-0.2, -0.15) is 8.42 Å². The maximum Gasteiger partial charge on any atom is 0.264 e. The van der Waals surface area contributed by atoms with E-state index >= 15 is 0 Å². The van der Waals surface area contributed by atoms with Gasteiger partial charge in [-0.05, 0) is 31.5 Å². The molecular formula is C19H18O5S. The Morgan fingerprint density at radius 3 is 2.40 bits per heavy atom. The summed E-state index contributed by atoms with van der Waals surface area (Å²) in [5, 5.41) is 0.402. The van der Waals surface area contributed by atoms with E-state index in [1.165, 1.54) is 6.07 Å². The standard InChI is InChI=1S/C19H18O5S/c1-12-9-15(13(2)24-25(3,21)22)19-16(10-12)17(20)11-18(23-19)14-7-5-4-6-8-14/h4-11,13H,1-3H3/t13-/m0/s1. The molecule has 0 spiro atoms. The summed E-state index contributed by atoms with van der Waals surface area (Å²) in [6.45, 7) is 3.45. The fourth-order valence-electron chi connectivity index (χ4n) is 2.80. The Kier molecular flexibility index (Phi) is 4.49. The average molecular weight is 358 g/mol. The first kappa shape index (κ1) is 17.4. The lowest BCUT2D eigenvalue weighted by molar-refractivity contribution is 0.236. The molecule has 5 nitrogen and oxygen atoms in total. The highest BCUT2D eigenvalue weighted by atomic mass is 32.2. The van der Waals surface area contributed by atoms with Crippen LogP contribution in [0.3, 0.4) is 0 Å². The first-order valence-electron chi connectivity index (χ1n) is 7.77. The molecule has 0 aliphatic rings. The second-order valence-corrected chi connectivity index (χ2v) is 7.62. The molecule has 3 rings (SSSR count). The molecule has 0 saturated carbocycles. The molecule has 0 aliphatic carbocycles. The smallest absolute Gasteiger partial charge is 0.264 e. The second-order valence-electron chi connectivity index (χ2n) is 6.01. The van der Waals surface area contributed by atoms with Gasteiger partial charge in [-0.1, -0.05) is 30.3 Å². The van der Waals surface area contributed by atoms with E-state index in [9.17, 15) is 13.2 Å². The number of hydrogen-bond donors (Lipinski definition) is 0. The molecule has 0 N–H and O–H groups in total. The molecule has 0 saturated heterocycles. The van der Waals surface area contributed by atoms with Crippen LogP contribution in [0.15, 0.2) is 57.7 Å². The van der Waals surface area contributed by atoms with Gasteiger partial charge in [0.15, 0.2) is 5.43 Å². The molecule has 130 valence electrons. The minimum atomic E-state index is -3.65. The van der Waals surface area contributed by atoms with Gasteiger partial charge >= 0.3 is 0 Å². The quantitative estimate of drug-likeness (QED) is 0.663. The highest BCUT2D eigenvalue weighted by molar-refractivity contribution is 7.86. The molecule has 0 bridgehead atoms. The van der Waals surface area contributed by atoms with Gasteiger partial charge in [0.2, 0.25) is 0 Å². The highest BCUT2D eigenvalue weighted by Gasteiger charge is 2.19. The van der Waals surface area contributed by atoms with Crippen LogP contribution < -0.4 is 5.43 Å². The Bertz CT molecular complexity index is 1080. The van der Waals surface area contributed by atoms with Crippen LogP contribution >= 0.6 is 0 Å². The van der Waals surface area contributed by atoms with E-state index in [1.54, 1.807) is 19.1 Å². The van der Waals surface area contributed by atoms with E-state index < -0.39 is 16.2 Å². The number of fused-ring (bicyclic) bond motifs is 1. The molecule has 0 aliphatic heterocycles. The van der Waals surface area contributed by atoms with Crippen LogP contribution in [0.1, 0.15) is 24.2 Å². The van der Waals surface area contributed by atoms with Crippen LogP contribution in [0, 0.1) is 6.92 Å². The van der Waals surface area contributed by atoms with Gasteiger partial charge in [-0.15, -0.1) is 0 Å². The third-order valence-corrected chi connectivity index (χ3v) is 4.46. The first-order valence-corrected chi connectivity index (χ1v) is 9.58. The van der Waals surface area contributed by atoms with E-state index in [0.717, 1.165) is 17.4 Å². The minimum Gasteiger partial charge on any atom is -0.455 e. The summed E-state index contributed by atoms with van der Waals surface area (Å²) in [5.74, 6) is 0.426. The number of aryl methyl sites for hydroxylation is 1. The Labute approximate surface area is 146 Å². The van der Waals surface area contributed by atoms with Crippen LogP contribution in [0.2, 0.25) is 0 Å². The molecule has 3 aromatic rings. The molecule has 6 heteroatoms. The Balaban J connectivity index is 2.26. The molecule has 0 fully saturated rings. The largest absolute Gasteiger partial charge is 0.455 e. The fourth-order valence-corrected chi connectivity index (χ4v) is 3.42. The molecule has 1 heterocycles. The van der Waals surface area contributed by atoms with Gasteiger partial charge in [0.25, 0.3) is 10.1 Å². The van der Waals surface area contributed by atoms with Crippen molar-refractivity contribution in [2.45, 2.75) is 20.0 Å². The average Bonchev–Trinajstić information content (AvgIpc) is 2.54. The van der Waals surface area contributed by atoms with Gasteiger partial charge in [0, 0.05) is 17.2 Å². The van der Waals surface area contributed by atoms with Crippen molar-refractivity contribution in [1.29, 1.82) is 0 Å². The van der Waals surface area contributed by atoms with Crippen molar-refractivity contribution in [1.82, 2.24) is 0 Å². The number of benzene rings is 2. The predicted molar refractivity (Wildman–Crippen MR) is 97.0 cm³/mol. The first-order chi connectivity index (χ1) is 11.7. The van der Waals surface area contributed by atoms with Crippen LogP contribution in [0.25, 0.3) is 22.3 Å². The predicted octanol–water partition coefficient (Wildman–Crippen LogP) is 3.81. The zero-order chi connectivity index (χ0) is 18.2. The molecule has 25 heavy (non-hydrogen) atoms. The minimum absolute atomic E-state index is 0.184. The van der Waals surface area contributed by atoms with E-state index in [-0.39, 0.29) is 5.43 Å². The maximum atomic E-state index is 12.6. The van der Waals surface area contributed by atoms with Crippen LogP contribution in [-0.4, -0.2) is 14.7 Å². The van der Waals surface area contributed by atoms with Crippen molar-refractivity contribution in [2.24, 2.45) is 0 Å². The normalized spacial score (nSPS) is 13.1. The number of rotatable bonds is 4. The summed E-state index contributed by atoms with van der Waals surface area (Å²) in [7, 11) is -3.65. The lowest BCUT2D eigenvalue weighted by Crippen LogP contribution is -2.10. The molecule has 1 atom stereocenters. The monoisotopic (exact) mass is 358 g/mol. The molecule has 1 aromatic heterocycles. The molecule has 0 amide bonds. The summed E-state index contributed by atoms with van der Waals surface area (Å²) >= 11 is 0. The zero-order valence-electron chi connectivity index (χ0n) is 14.1. The van der Waals surface area contributed by atoms with E-state index in [4.69, 9.17) is 8.60 Å². The van der Waals surface area contributed by atoms with Crippen molar-refractivity contribution in [3.8, 4) is 11.3 Å². The molecular weight excluding hydrogens is 340 g/mol. The summed E-state index contributed by atoms with van der Waals surface area (Å²) in [6, 6.07) is 14.2. The summed E-state index contributed by atoms with van der Waals surface area (Å²) in [4.78, 5) is 12.6. The van der Waals surface area contributed by atoms with Gasteiger partial charge in [0.1, 0.15) is 17.4 Å². The van der Waals surface area contributed by atoms with Gasteiger partial charge in [-0.3, -0.25) is 8.98 Å². The van der Waals surface area contributed by atoms with Crippen molar-refractivity contribution in [3.05, 3.63) is 69.9 Å². The van der Waals surface area contributed by atoms with Gasteiger partial charge in [-0.25, -0.2) is 0 Å². The summed E-state index contributed by atoms with van der Waals surface area (Å²) in [5.41, 5.74) is 2.27. The van der Waals surface area contributed by atoms with Crippen molar-refractivity contribution in [3.63, 3.8) is 0 Å². The Morgan fingerprint density at radius 2 is 1.76 bits per heavy atom. The molecule has 2 aromatic carbocycles. The maximum absolute atomic E-state index is 12.6. The molecule has 0 unspecified atom stereocenters. The van der Waals surface area contributed by atoms with Crippen LogP contribution in [-0.2, 0) is 14.3 Å². The Morgan fingerprint density at radius 1 is 1.08 bits per heavy atom.